The third-order valence-electron chi connectivity index (χ3n) is 1.87. The second-order valence-corrected chi connectivity index (χ2v) is 4.60. The number of benzene rings is 1. The molecule has 86 valence electrons. The Morgan fingerprint density at radius 2 is 1.81 bits per heavy atom. The van der Waals surface area contributed by atoms with Gasteiger partial charge in [0.15, 0.2) is 0 Å². The zero-order chi connectivity index (χ0) is 12.2. The lowest BCUT2D eigenvalue weighted by atomic mass is 10.2. The molecule has 0 heterocycles. The van der Waals surface area contributed by atoms with E-state index in [2.05, 4.69) is 17.3 Å². The second kappa shape index (κ2) is 5.07. The molecule has 1 unspecified atom stereocenters. The van der Waals surface area contributed by atoms with Crippen molar-refractivity contribution in [2.24, 2.45) is 5.73 Å². The highest BCUT2D eigenvalue weighted by Crippen LogP contribution is 2.14. The average molecular weight is 239 g/mol. The molecular weight excluding hydrogens is 226 g/mol. The molecule has 0 aliphatic carbocycles. The lowest BCUT2D eigenvalue weighted by Crippen LogP contribution is -2.24. The molecule has 0 fully saturated rings. The summed E-state index contributed by atoms with van der Waals surface area (Å²) in [5, 5.41) is 0. The highest BCUT2D eigenvalue weighted by molar-refractivity contribution is 7.86. The molecule has 16 heavy (non-hydrogen) atoms. The van der Waals surface area contributed by atoms with E-state index in [1.807, 2.05) is 0 Å². The van der Waals surface area contributed by atoms with Crippen LogP contribution in [0.15, 0.2) is 48.4 Å². The van der Waals surface area contributed by atoms with Crippen LogP contribution < -0.4 is 5.73 Å². The van der Waals surface area contributed by atoms with Crippen LogP contribution in [0.25, 0.3) is 6.08 Å². The summed E-state index contributed by atoms with van der Waals surface area (Å²) in [7, 11) is -3.83. The first-order valence-electron chi connectivity index (χ1n) is 4.53. The summed E-state index contributed by atoms with van der Waals surface area (Å²) in [5.41, 5.74) is 6.14. The van der Waals surface area contributed by atoms with Crippen molar-refractivity contribution in [2.75, 3.05) is 0 Å². The van der Waals surface area contributed by atoms with Crippen molar-refractivity contribution in [3.8, 4) is 0 Å². The van der Waals surface area contributed by atoms with Crippen LogP contribution in [0, 0.1) is 0 Å². The molecule has 1 atom stereocenters. The van der Waals surface area contributed by atoms with Crippen molar-refractivity contribution in [2.45, 2.75) is 11.1 Å². The molecule has 0 saturated heterocycles. The van der Waals surface area contributed by atoms with Crippen LogP contribution in [0.4, 0.5) is 0 Å². The van der Waals surface area contributed by atoms with Gasteiger partial charge in [-0.25, -0.2) is 4.18 Å². The molecule has 0 saturated carbocycles. The SMILES string of the molecule is C=Cc1ccc(S(=O)(=O)OC(N)C=C)cc1. The molecule has 0 aliphatic rings. The van der Waals surface area contributed by atoms with E-state index in [0.717, 1.165) is 5.56 Å². The van der Waals surface area contributed by atoms with Gasteiger partial charge in [0.2, 0.25) is 0 Å². The quantitative estimate of drug-likeness (QED) is 0.480. The van der Waals surface area contributed by atoms with Crippen LogP contribution in [-0.2, 0) is 14.3 Å². The van der Waals surface area contributed by atoms with Gasteiger partial charge < -0.3 is 5.73 Å². The minimum Gasteiger partial charge on any atom is -0.302 e. The van der Waals surface area contributed by atoms with Gasteiger partial charge in [-0.15, -0.1) is 0 Å². The first-order chi connectivity index (χ1) is 7.49. The smallest absolute Gasteiger partial charge is 0.298 e. The lowest BCUT2D eigenvalue weighted by molar-refractivity contribution is 0.264. The molecule has 0 bridgehead atoms. The van der Waals surface area contributed by atoms with Gasteiger partial charge in [0, 0.05) is 0 Å². The topological polar surface area (TPSA) is 69.4 Å². The van der Waals surface area contributed by atoms with Gasteiger partial charge in [-0.05, 0) is 23.8 Å². The van der Waals surface area contributed by atoms with Crippen molar-refractivity contribution < 1.29 is 12.6 Å². The Kier molecular flexibility index (Phi) is 4.00. The maximum absolute atomic E-state index is 11.6. The van der Waals surface area contributed by atoms with E-state index < -0.39 is 16.3 Å². The third-order valence-corrected chi connectivity index (χ3v) is 3.20. The van der Waals surface area contributed by atoms with E-state index >= 15 is 0 Å². The molecule has 0 radical (unpaired) electrons. The second-order valence-electron chi connectivity index (χ2n) is 3.02. The fourth-order valence-electron chi connectivity index (χ4n) is 1.01. The highest BCUT2D eigenvalue weighted by atomic mass is 32.2. The Morgan fingerprint density at radius 3 is 2.25 bits per heavy atom. The Labute approximate surface area is 95.2 Å². The van der Waals surface area contributed by atoms with Crippen molar-refractivity contribution in [3.63, 3.8) is 0 Å². The minimum absolute atomic E-state index is 0.0513. The normalized spacial score (nSPS) is 13.1. The van der Waals surface area contributed by atoms with E-state index in [1.165, 1.54) is 18.2 Å². The van der Waals surface area contributed by atoms with E-state index in [9.17, 15) is 8.42 Å². The van der Waals surface area contributed by atoms with Crippen LogP contribution in [0.5, 0.6) is 0 Å². The Hall–Kier alpha value is -1.43. The molecule has 1 aromatic carbocycles. The molecule has 0 spiro atoms. The third kappa shape index (κ3) is 3.03. The van der Waals surface area contributed by atoms with Gasteiger partial charge in [0.1, 0.15) is 6.23 Å². The predicted molar refractivity (Wildman–Crippen MR) is 63.0 cm³/mol. The van der Waals surface area contributed by atoms with Crippen LogP contribution in [0.1, 0.15) is 5.56 Å². The average Bonchev–Trinajstić information content (AvgIpc) is 2.28. The molecule has 4 nitrogen and oxygen atoms in total. The van der Waals surface area contributed by atoms with E-state index in [4.69, 9.17) is 5.73 Å². The standard InChI is InChI=1S/C11H13NO3S/c1-3-9-5-7-10(8-6-9)16(13,14)15-11(12)4-2/h3-8,11H,1-2,12H2. The maximum Gasteiger partial charge on any atom is 0.298 e. The van der Waals surface area contributed by atoms with Crippen molar-refractivity contribution in [1.82, 2.24) is 0 Å². The number of hydrogen-bond acceptors (Lipinski definition) is 4. The van der Waals surface area contributed by atoms with Crippen molar-refractivity contribution in [3.05, 3.63) is 49.1 Å². The molecule has 0 amide bonds. The lowest BCUT2D eigenvalue weighted by Gasteiger charge is -2.08. The Bertz CT molecular complexity index is 476. The van der Waals surface area contributed by atoms with Crippen LogP contribution >= 0.6 is 0 Å². The van der Waals surface area contributed by atoms with Gasteiger partial charge in [0.05, 0.1) is 4.90 Å². The first kappa shape index (κ1) is 12.6. The summed E-state index contributed by atoms with van der Waals surface area (Å²) in [6.07, 6.45) is 1.78. The summed E-state index contributed by atoms with van der Waals surface area (Å²) >= 11 is 0. The zero-order valence-electron chi connectivity index (χ0n) is 8.67. The number of rotatable bonds is 5. The number of nitrogens with two attached hydrogens (primary N) is 1. The first-order valence-corrected chi connectivity index (χ1v) is 5.94. The fraction of sp³-hybridized carbons (Fsp3) is 0.0909. The van der Waals surface area contributed by atoms with Crippen molar-refractivity contribution >= 4 is 16.2 Å². The molecule has 2 N–H and O–H groups in total. The maximum atomic E-state index is 11.6. The van der Waals surface area contributed by atoms with E-state index in [-0.39, 0.29) is 4.90 Å². The highest BCUT2D eigenvalue weighted by Gasteiger charge is 2.17. The summed E-state index contributed by atoms with van der Waals surface area (Å²) in [5.74, 6) is 0. The molecular formula is C11H13NO3S. The largest absolute Gasteiger partial charge is 0.302 e. The predicted octanol–water partition coefficient (Wildman–Crippen LogP) is 1.51. The zero-order valence-corrected chi connectivity index (χ0v) is 9.48. The monoisotopic (exact) mass is 239 g/mol. The number of hydrogen-bond donors (Lipinski definition) is 1. The molecule has 1 aromatic rings. The van der Waals surface area contributed by atoms with Gasteiger partial charge in [-0.2, -0.15) is 8.42 Å². The minimum atomic E-state index is -3.83. The van der Waals surface area contributed by atoms with Crippen molar-refractivity contribution in [1.29, 1.82) is 0 Å². The van der Waals surface area contributed by atoms with Gasteiger partial charge in [-0.3, -0.25) is 0 Å². The molecule has 0 aromatic heterocycles. The summed E-state index contributed by atoms with van der Waals surface area (Å²) in [6, 6.07) is 6.12. The summed E-state index contributed by atoms with van der Waals surface area (Å²) < 4.78 is 27.9. The van der Waals surface area contributed by atoms with Gasteiger partial charge in [0.25, 0.3) is 10.1 Å². The van der Waals surface area contributed by atoms with Gasteiger partial charge >= 0.3 is 0 Å². The van der Waals surface area contributed by atoms with E-state index in [0.29, 0.717) is 0 Å². The Morgan fingerprint density at radius 1 is 1.25 bits per heavy atom. The van der Waals surface area contributed by atoms with Crippen LogP contribution in [-0.4, -0.2) is 14.6 Å². The molecule has 1 rings (SSSR count). The van der Waals surface area contributed by atoms with E-state index in [1.54, 1.807) is 18.2 Å². The van der Waals surface area contributed by atoms with Crippen LogP contribution in [0.3, 0.4) is 0 Å². The van der Waals surface area contributed by atoms with Gasteiger partial charge in [-0.1, -0.05) is 31.4 Å². The summed E-state index contributed by atoms with van der Waals surface area (Å²) in [4.78, 5) is 0.0513. The van der Waals surface area contributed by atoms with Crippen LogP contribution in [0.2, 0.25) is 0 Å². The molecule has 5 heteroatoms. The fourth-order valence-corrected chi connectivity index (χ4v) is 1.96. The molecule has 0 aliphatic heterocycles. The summed E-state index contributed by atoms with van der Waals surface area (Å²) in [6.45, 7) is 6.91. The Balaban J connectivity index is 2.98.